The van der Waals surface area contributed by atoms with Crippen molar-refractivity contribution in [3.8, 4) is 0 Å². The molecule has 3 heteroatoms. The first-order valence-corrected chi connectivity index (χ1v) is 16.0. The minimum atomic E-state index is 0.0365. The van der Waals surface area contributed by atoms with Crippen LogP contribution in [0, 0.1) is 20.8 Å². The number of rotatable bonds is 2. The maximum absolute atomic E-state index is 2.56. The molecule has 0 unspecified atom stereocenters. The van der Waals surface area contributed by atoms with E-state index < -0.39 is 0 Å². The lowest BCUT2D eigenvalue weighted by molar-refractivity contribution is 0.590. The lowest BCUT2D eigenvalue weighted by atomic mass is 9.33. The van der Waals surface area contributed by atoms with Crippen molar-refractivity contribution in [2.75, 3.05) is 9.80 Å². The van der Waals surface area contributed by atoms with Crippen LogP contribution in [0.25, 0.3) is 0 Å². The Morgan fingerprint density at radius 3 is 1.75 bits per heavy atom. The van der Waals surface area contributed by atoms with Gasteiger partial charge in [0.15, 0.2) is 0 Å². The van der Waals surface area contributed by atoms with Gasteiger partial charge in [0.1, 0.15) is 0 Å². The van der Waals surface area contributed by atoms with Crippen LogP contribution in [0.2, 0.25) is 0 Å². The molecule has 2 nitrogen and oxygen atoms in total. The normalized spacial score (nSPS) is 13.9. The van der Waals surface area contributed by atoms with E-state index in [0.29, 0.717) is 0 Å². The van der Waals surface area contributed by atoms with E-state index in [4.69, 9.17) is 0 Å². The van der Waals surface area contributed by atoms with Gasteiger partial charge in [0.05, 0.1) is 22.7 Å². The van der Waals surface area contributed by atoms with Crippen molar-refractivity contribution in [1.82, 2.24) is 0 Å². The molecule has 0 spiro atoms. The Balaban J connectivity index is 1.58. The highest BCUT2D eigenvalue weighted by Crippen LogP contribution is 2.54. The molecule has 44 heavy (non-hydrogen) atoms. The van der Waals surface area contributed by atoms with E-state index in [1.54, 1.807) is 0 Å². The second-order valence-electron chi connectivity index (χ2n) is 14.9. The molecule has 7 rings (SSSR count). The molecule has 220 valence electrons. The molecule has 0 aliphatic carbocycles. The summed E-state index contributed by atoms with van der Waals surface area (Å²) in [6.07, 6.45) is 0. The highest BCUT2D eigenvalue weighted by atomic mass is 15.3. The molecule has 0 fully saturated rings. The Labute approximate surface area is 264 Å². The molecule has 2 aliphatic heterocycles. The van der Waals surface area contributed by atoms with Gasteiger partial charge in [-0.2, -0.15) is 0 Å². The van der Waals surface area contributed by atoms with Crippen molar-refractivity contribution in [2.24, 2.45) is 0 Å². The van der Waals surface area contributed by atoms with Gasteiger partial charge in [0, 0.05) is 11.4 Å². The van der Waals surface area contributed by atoms with Gasteiger partial charge in [-0.05, 0) is 90.1 Å². The Bertz CT molecular complexity index is 1910. The number of para-hydroxylation sites is 3. The van der Waals surface area contributed by atoms with E-state index in [2.05, 4.69) is 169 Å². The fourth-order valence-corrected chi connectivity index (χ4v) is 7.51. The fraction of sp³-hybridized carbons (Fsp3) is 0.268. The fourth-order valence-electron chi connectivity index (χ4n) is 7.51. The van der Waals surface area contributed by atoms with Crippen LogP contribution >= 0.6 is 0 Å². The Morgan fingerprint density at radius 1 is 0.500 bits per heavy atom. The Hall–Kier alpha value is -4.24. The zero-order valence-corrected chi connectivity index (χ0v) is 27.7. The molecule has 2 aliphatic rings. The third kappa shape index (κ3) is 4.40. The van der Waals surface area contributed by atoms with Crippen LogP contribution in [0.4, 0.5) is 34.1 Å². The van der Waals surface area contributed by atoms with Gasteiger partial charge in [-0.3, -0.25) is 0 Å². The first kappa shape index (κ1) is 28.5. The topological polar surface area (TPSA) is 6.48 Å². The summed E-state index contributed by atoms with van der Waals surface area (Å²) in [4.78, 5) is 5.05. The van der Waals surface area contributed by atoms with Gasteiger partial charge in [-0.15, -0.1) is 0 Å². The number of aryl methyl sites for hydroxylation is 3. The van der Waals surface area contributed by atoms with Crippen LogP contribution in [-0.4, -0.2) is 6.71 Å². The van der Waals surface area contributed by atoms with Gasteiger partial charge in [0.25, 0.3) is 0 Å². The number of fused-ring (bicyclic) bond motifs is 4. The predicted octanol–water partition coefficient (Wildman–Crippen LogP) is 9.29. The average Bonchev–Trinajstić information content (AvgIpc) is 2.96. The summed E-state index contributed by atoms with van der Waals surface area (Å²) < 4.78 is 0. The summed E-state index contributed by atoms with van der Waals surface area (Å²) >= 11 is 0. The summed E-state index contributed by atoms with van der Waals surface area (Å²) in [6, 6.07) is 37.0. The molecule has 0 atom stereocenters. The smallest absolute Gasteiger partial charge is 0.247 e. The van der Waals surface area contributed by atoms with Crippen molar-refractivity contribution < 1.29 is 0 Å². The van der Waals surface area contributed by atoms with Crippen LogP contribution in [0.15, 0.2) is 97.1 Å². The van der Waals surface area contributed by atoms with Crippen molar-refractivity contribution >= 4 is 57.2 Å². The zero-order valence-electron chi connectivity index (χ0n) is 27.7. The molecule has 0 amide bonds. The first-order chi connectivity index (χ1) is 20.8. The largest absolute Gasteiger partial charge is 0.307 e. The van der Waals surface area contributed by atoms with E-state index in [-0.39, 0.29) is 17.5 Å². The number of anilines is 6. The lowest BCUT2D eigenvalue weighted by Crippen LogP contribution is -2.59. The minimum absolute atomic E-state index is 0.0365. The first-order valence-electron chi connectivity index (χ1n) is 16.0. The number of hydrogen-bond acceptors (Lipinski definition) is 2. The second kappa shape index (κ2) is 9.89. The van der Waals surface area contributed by atoms with Gasteiger partial charge in [-0.25, -0.2) is 0 Å². The van der Waals surface area contributed by atoms with E-state index in [9.17, 15) is 0 Å². The second-order valence-corrected chi connectivity index (χ2v) is 14.9. The van der Waals surface area contributed by atoms with Crippen LogP contribution in [0.5, 0.6) is 0 Å². The standard InChI is InChI=1S/C41H43BN2/c1-26-22-27(2)38(28(3)23-26)42-32-21-20-30(41(7,8)9)25-37(32)44-35-18-11-10-17-34(35)43(36-19-13-16-33(42)39(36)44)31-15-12-14-29(24-31)40(4,5)6/h10-25H,1-9H3. The molecular formula is C41H43BN2. The van der Waals surface area contributed by atoms with Crippen molar-refractivity contribution in [1.29, 1.82) is 0 Å². The van der Waals surface area contributed by atoms with Crippen LogP contribution in [-0.2, 0) is 10.8 Å². The van der Waals surface area contributed by atoms with E-state index in [0.717, 1.165) is 0 Å². The van der Waals surface area contributed by atoms with E-state index >= 15 is 0 Å². The quantitative estimate of drug-likeness (QED) is 0.190. The summed E-state index contributed by atoms with van der Waals surface area (Å²) in [5.74, 6) is 0. The molecule has 0 radical (unpaired) electrons. The number of hydrogen-bond donors (Lipinski definition) is 0. The molecular weight excluding hydrogens is 531 g/mol. The Kier molecular flexibility index (Phi) is 6.41. The molecule has 0 saturated carbocycles. The summed E-state index contributed by atoms with van der Waals surface area (Å²) in [5.41, 5.74) is 18.4. The predicted molar refractivity (Wildman–Crippen MR) is 192 cm³/mol. The number of benzene rings is 5. The van der Waals surface area contributed by atoms with Gasteiger partial charge >= 0.3 is 0 Å². The molecule has 2 heterocycles. The summed E-state index contributed by atoms with van der Waals surface area (Å²) in [7, 11) is 0. The SMILES string of the molecule is Cc1cc(C)c(B2c3ccc(C(C)(C)C)cc3N3c4ccccc4N(c4cccc(C(C)(C)C)c4)c4cccc2c43)c(C)c1. The molecule has 5 aromatic rings. The van der Waals surface area contributed by atoms with Crippen molar-refractivity contribution in [3.63, 3.8) is 0 Å². The minimum Gasteiger partial charge on any atom is -0.307 e. The molecule has 0 bridgehead atoms. The lowest BCUT2D eigenvalue weighted by Gasteiger charge is -2.46. The van der Waals surface area contributed by atoms with Crippen LogP contribution in [0.3, 0.4) is 0 Å². The van der Waals surface area contributed by atoms with E-state index in [1.165, 1.54) is 78.3 Å². The summed E-state index contributed by atoms with van der Waals surface area (Å²) in [6.45, 7) is 20.8. The molecule has 0 aromatic heterocycles. The third-order valence-corrected chi connectivity index (χ3v) is 9.63. The van der Waals surface area contributed by atoms with Crippen molar-refractivity contribution in [2.45, 2.75) is 73.1 Å². The van der Waals surface area contributed by atoms with E-state index in [1.807, 2.05) is 0 Å². The average molecular weight is 575 g/mol. The molecule has 5 aromatic carbocycles. The Morgan fingerprint density at radius 2 is 1.09 bits per heavy atom. The van der Waals surface area contributed by atoms with Gasteiger partial charge in [0.2, 0.25) is 6.71 Å². The molecule has 0 saturated heterocycles. The maximum Gasteiger partial charge on any atom is 0.247 e. The van der Waals surface area contributed by atoms with Crippen LogP contribution in [0.1, 0.15) is 69.4 Å². The van der Waals surface area contributed by atoms with Crippen molar-refractivity contribution in [3.05, 3.63) is 125 Å². The number of nitrogens with zero attached hydrogens (tertiary/aromatic N) is 2. The molecule has 0 N–H and O–H groups in total. The maximum atomic E-state index is 2.56. The third-order valence-electron chi connectivity index (χ3n) is 9.63. The van der Waals surface area contributed by atoms with Crippen LogP contribution < -0.4 is 26.2 Å². The van der Waals surface area contributed by atoms with Gasteiger partial charge < -0.3 is 9.80 Å². The monoisotopic (exact) mass is 574 g/mol. The highest BCUT2D eigenvalue weighted by molar-refractivity contribution is 6.98. The zero-order chi connectivity index (χ0) is 31.1. The van der Waals surface area contributed by atoms with Gasteiger partial charge in [-0.1, -0.05) is 124 Å². The highest BCUT2D eigenvalue weighted by Gasteiger charge is 2.42. The summed E-state index contributed by atoms with van der Waals surface area (Å²) in [5, 5.41) is 0.